The minimum absolute atomic E-state index is 0.00861. The number of anilines is 1. The van der Waals surface area contributed by atoms with Crippen LogP contribution in [0.25, 0.3) is 0 Å². The van der Waals surface area contributed by atoms with Crippen LogP contribution in [0.3, 0.4) is 0 Å². The number of nitrogens with zero attached hydrogens (tertiary/aromatic N) is 2. The van der Waals surface area contributed by atoms with E-state index in [1.807, 2.05) is 23.6 Å². The van der Waals surface area contributed by atoms with Gasteiger partial charge >= 0.3 is 6.03 Å². The van der Waals surface area contributed by atoms with Crippen molar-refractivity contribution in [3.05, 3.63) is 47.0 Å². The summed E-state index contributed by atoms with van der Waals surface area (Å²) in [5, 5.41) is 8.70. The lowest BCUT2D eigenvalue weighted by atomic mass is 9.76. The summed E-state index contributed by atoms with van der Waals surface area (Å²) in [7, 11) is 0. The number of urea groups is 1. The van der Waals surface area contributed by atoms with E-state index in [1.54, 1.807) is 4.90 Å². The zero-order valence-electron chi connectivity index (χ0n) is 15.9. The van der Waals surface area contributed by atoms with Gasteiger partial charge in [-0.15, -0.1) is 11.3 Å². The summed E-state index contributed by atoms with van der Waals surface area (Å²) in [6.07, 6.45) is 6.55. The van der Waals surface area contributed by atoms with Crippen LogP contribution in [0.2, 0.25) is 0 Å². The van der Waals surface area contributed by atoms with Crippen molar-refractivity contribution in [2.24, 2.45) is 0 Å². The Hall–Kier alpha value is -2.41. The Morgan fingerprint density at radius 1 is 1.18 bits per heavy atom. The number of aromatic nitrogens is 1. The largest absolute Gasteiger partial charge is 0.346 e. The molecule has 4 rings (SSSR count). The summed E-state index contributed by atoms with van der Waals surface area (Å²) in [5.41, 5.74) is 1.63. The fraction of sp³-hybridized carbons (Fsp3) is 0.476. The van der Waals surface area contributed by atoms with Crippen LogP contribution < -0.4 is 15.5 Å². The third kappa shape index (κ3) is 4.04. The van der Waals surface area contributed by atoms with Crippen LogP contribution in [0.1, 0.15) is 49.8 Å². The van der Waals surface area contributed by atoms with E-state index in [0.29, 0.717) is 18.2 Å². The number of thiazole rings is 1. The first-order valence-corrected chi connectivity index (χ1v) is 10.9. The number of nitrogens with one attached hydrogen (secondary N) is 2. The highest BCUT2D eigenvalue weighted by Gasteiger charge is 2.35. The summed E-state index contributed by atoms with van der Waals surface area (Å²) in [5.74, 6) is -0.00861. The van der Waals surface area contributed by atoms with Gasteiger partial charge in [0, 0.05) is 18.5 Å². The standard InChI is InChI=1S/C21H26N4O2S/c26-18(14-17-15-28-20(23-17)25-13-7-12-22-19(25)27)24-21(10-5-2-6-11-21)16-8-3-1-4-9-16/h1,3-4,8-9,15H,2,5-7,10-14H2,(H,22,27)(H,24,26). The molecule has 2 heterocycles. The SMILES string of the molecule is O=C(Cc1csc(N2CCCNC2=O)n1)NC1(c2ccccc2)CCCCC1. The van der Waals surface area contributed by atoms with E-state index in [1.165, 1.54) is 23.3 Å². The van der Waals surface area contributed by atoms with Crippen LogP contribution in [0.5, 0.6) is 0 Å². The topological polar surface area (TPSA) is 74.3 Å². The first kappa shape index (κ1) is 18.9. The molecule has 3 amide bonds. The van der Waals surface area contributed by atoms with Crippen LogP contribution in [0.4, 0.5) is 9.93 Å². The number of carbonyl (C=O) groups excluding carboxylic acids is 2. The van der Waals surface area contributed by atoms with Crippen molar-refractivity contribution >= 4 is 28.4 Å². The van der Waals surface area contributed by atoms with Crippen LogP contribution >= 0.6 is 11.3 Å². The van der Waals surface area contributed by atoms with Gasteiger partial charge in [0.1, 0.15) is 0 Å². The number of benzene rings is 1. The predicted molar refractivity (Wildman–Crippen MR) is 111 cm³/mol. The van der Waals surface area contributed by atoms with Gasteiger partial charge in [-0.1, -0.05) is 49.6 Å². The monoisotopic (exact) mass is 398 g/mol. The molecule has 2 N–H and O–H groups in total. The molecule has 28 heavy (non-hydrogen) atoms. The number of carbonyl (C=O) groups is 2. The van der Waals surface area contributed by atoms with Crippen LogP contribution in [-0.4, -0.2) is 30.0 Å². The summed E-state index contributed by atoms with van der Waals surface area (Å²) in [4.78, 5) is 31.1. The molecule has 0 bridgehead atoms. The number of rotatable bonds is 5. The molecule has 0 radical (unpaired) electrons. The van der Waals surface area contributed by atoms with E-state index in [0.717, 1.165) is 37.8 Å². The molecule has 0 spiro atoms. The van der Waals surface area contributed by atoms with Crippen molar-refractivity contribution in [1.29, 1.82) is 0 Å². The highest BCUT2D eigenvalue weighted by atomic mass is 32.1. The quantitative estimate of drug-likeness (QED) is 0.808. The maximum atomic E-state index is 12.9. The Kier molecular flexibility index (Phi) is 5.62. The van der Waals surface area contributed by atoms with Gasteiger partial charge in [-0.3, -0.25) is 9.69 Å². The van der Waals surface area contributed by atoms with E-state index < -0.39 is 0 Å². The number of hydrogen-bond acceptors (Lipinski definition) is 4. The van der Waals surface area contributed by atoms with Crippen molar-refractivity contribution in [2.75, 3.05) is 18.0 Å². The summed E-state index contributed by atoms with van der Waals surface area (Å²) in [6, 6.07) is 10.2. The molecule has 1 saturated heterocycles. The Bertz CT molecular complexity index is 830. The predicted octanol–water partition coefficient (Wildman–Crippen LogP) is 3.58. The molecule has 1 aliphatic carbocycles. The molecule has 2 aliphatic rings. The zero-order valence-corrected chi connectivity index (χ0v) is 16.8. The molecule has 2 aromatic rings. The van der Waals surface area contributed by atoms with E-state index in [-0.39, 0.29) is 23.9 Å². The molecular weight excluding hydrogens is 372 g/mol. The van der Waals surface area contributed by atoms with Gasteiger partial charge in [-0.2, -0.15) is 0 Å². The molecule has 1 aromatic carbocycles. The van der Waals surface area contributed by atoms with Gasteiger partial charge in [0.2, 0.25) is 5.91 Å². The van der Waals surface area contributed by atoms with Crippen LogP contribution in [-0.2, 0) is 16.8 Å². The second kappa shape index (κ2) is 8.31. The van der Waals surface area contributed by atoms with Crippen molar-refractivity contribution in [2.45, 2.75) is 50.5 Å². The average Bonchev–Trinajstić information content (AvgIpc) is 3.17. The summed E-state index contributed by atoms with van der Waals surface area (Å²) < 4.78 is 0. The third-order valence-corrected chi connectivity index (χ3v) is 6.52. The van der Waals surface area contributed by atoms with Gasteiger partial charge < -0.3 is 10.6 Å². The molecule has 7 heteroatoms. The third-order valence-electron chi connectivity index (χ3n) is 5.60. The molecule has 6 nitrogen and oxygen atoms in total. The fourth-order valence-corrected chi connectivity index (χ4v) is 5.04. The van der Waals surface area contributed by atoms with E-state index >= 15 is 0 Å². The average molecular weight is 399 g/mol. The highest BCUT2D eigenvalue weighted by molar-refractivity contribution is 7.14. The minimum atomic E-state index is -0.276. The normalized spacial score (nSPS) is 19.1. The number of hydrogen-bond donors (Lipinski definition) is 2. The molecule has 0 atom stereocenters. The molecule has 1 aromatic heterocycles. The highest BCUT2D eigenvalue weighted by Crippen LogP contribution is 2.37. The van der Waals surface area contributed by atoms with E-state index in [2.05, 4.69) is 27.8 Å². The van der Waals surface area contributed by atoms with E-state index in [4.69, 9.17) is 0 Å². The smallest absolute Gasteiger partial charge is 0.323 e. The maximum Gasteiger partial charge on any atom is 0.323 e. The lowest BCUT2D eigenvalue weighted by Crippen LogP contribution is -2.47. The zero-order chi connectivity index (χ0) is 19.4. The Balaban J connectivity index is 1.45. The minimum Gasteiger partial charge on any atom is -0.346 e. The molecule has 2 fully saturated rings. The first-order chi connectivity index (χ1) is 13.7. The van der Waals surface area contributed by atoms with Crippen LogP contribution in [0.15, 0.2) is 35.7 Å². The number of amides is 3. The Morgan fingerprint density at radius 2 is 1.96 bits per heavy atom. The molecule has 1 saturated carbocycles. The molecular formula is C21H26N4O2S. The molecule has 148 valence electrons. The Labute approximate surface area is 169 Å². The van der Waals surface area contributed by atoms with Crippen LogP contribution in [0, 0.1) is 0 Å². The van der Waals surface area contributed by atoms with Gasteiger partial charge in [-0.25, -0.2) is 9.78 Å². The van der Waals surface area contributed by atoms with Crippen molar-refractivity contribution < 1.29 is 9.59 Å². The fourth-order valence-electron chi connectivity index (χ4n) is 4.19. The van der Waals surface area contributed by atoms with Crippen molar-refractivity contribution in [1.82, 2.24) is 15.6 Å². The second-order valence-corrected chi connectivity index (χ2v) is 8.43. The molecule has 1 aliphatic heterocycles. The summed E-state index contributed by atoms with van der Waals surface area (Å²) in [6.45, 7) is 1.37. The first-order valence-electron chi connectivity index (χ1n) is 10.0. The van der Waals surface area contributed by atoms with Crippen molar-refractivity contribution in [3.8, 4) is 0 Å². The Morgan fingerprint density at radius 3 is 2.71 bits per heavy atom. The summed E-state index contributed by atoms with van der Waals surface area (Å²) >= 11 is 1.42. The van der Waals surface area contributed by atoms with Crippen molar-refractivity contribution in [3.63, 3.8) is 0 Å². The molecule has 0 unspecified atom stereocenters. The lowest BCUT2D eigenvalue weighted by molar-refractivity contribution is -0.123. The van der Waals surface area contributed by atoms with Gasteiger partial charge in [0.25, 0.3) is 0 Å². The maximum absolute atomic E-state index is 12.9. The second-order valence-electron chi connectivity index (χ2n) is 7.59. The lowest BCUT2D eigenvalue weighted by Gasteiger charge is -2.38. The van der Waals surface area contributed by atoms with Gasteiger partial charge in [-0.05, 0) is 24.8 Å². The van der Waals surface area contributed by atoms with Gasteiger partial charge in [0.05, 0.1) is 17.7 Å². The van der Waals surface area contributed by atoms with Gasteiger partial charge in [0.15, 0.2) is 5.13 Å². The van der Waals surface area contributed by atoms with E-state index in [9.17, 15) is 9.59 Å².